The van der Waals surface area contributed by atoms with Gasteiger partial charge in [0.2, 0.25) is 5.91 Å². The van der Waals surface area contributed by atoms with Crippen molar-refractivity contribution in [2.45, 2.75) is 19.4 Å². The molecule has 1 aromatic carbocycles. The number of nitrogens with zero attached hydrogens (tertiary/aromatic N) is 1. The van der Waals surface area contributed by atoms with E-state index < -0.39 is 0 Å². The van der Waals surface area contributed by atoms with Crippen molar-refractivity contribution in [2.75, 3.05) is 25.1 Å². The van der Waals surface area contributed by atoms with Crippen molar-refractivity contribution in [2.24, 2.45) is 0 Å². The van der Waals surface area contributed by atoms with Crippen molar-refractivity contribution in [1.82, 2.24) is 4.90 Å². The molecule has 0 saturated carbocycles. The van der Waals surface area contributed by atoms with Gasteiger partial charge >= 0.3 is 0 Å². The fourth-order valence-corrected chi connectivity index (χ4v) is 2.56. The van der Waals surface area contributed by atoms with E-state index in [-0.39, 0.29) is 17.9 Å². The highest BCUT2D eigenvalue weighted by Gasteiger charge is 2.26. The summed E-state index contributed by atoms with van der Waals surface area (Å²) < 4.78 is 5.34. The third-order valence-electron chi connectivity index (χ3n) is 3.61. The molecule has 2 heterocycles. The summed E-state index contributed by atoms with van der Waals surface area (Å²) in [6.07, 6.45) is 0.356. The molecule has 5 nitrogen and oxygen atoms in total. The normalized spacial score (nSPS) is 22.1. The average Bonchev–Trinajstić information content (AvgIpc) is 2.77. The van der Waals surface area contributed by atoms with Crippen LogP contribution in [0.2, 0.25) is 0 Å². The predicted octanol–water partition coefficient (Wildman–Crippen LogP) is 1.04. The quantitative estimate of drug-likeness (QED) is 0.821. The third-order valence-corrected chi connectivity index (χ3v) is 3.61. The number of benzene rings is 1. The number of nitrogens with one attached hydrogen (secondary N) is 1. The molecule has 2 aliphatic rings. The Morgan fingerprint density at radius 1 is 1.47 bits per heavy atom. The second-order valence-corrected chi connectivity index (χ2v) is 5.02. The molecule has 1 aromatic rings. The van der Waals surface area contributed by atoms with Crippen LogP contribution < -0.4 is 5.32 Å². The molecule has 3 rings (SSSR count). The number of rotatable bonds is 1. The van der Waals surface area contributed by atoms with Gasteiger partial charge in [0, 0.05) is 17.8 Å². The zero-order chi connectivity index (χ0) is 13.4. The van der Waals surface area contributed by atoms with Crippen molar-refractivity contribution in [3.8, 4) is 0 Å². The fraction of sp³-hybridized carbons (Fsp3) is 0.429. The van der Waals surface area contributed by atoms with E-state index in [2.05, 4.69) is 5.32 Å². The van der Waals surface area contributed by atoms with Crippen LogP contribution in [0.25, 0.3) is 0 Å². The maximum absolute atomic E-state index is 12.5. The Kier molecular flexibility index (Phi) is 2.98. The van der Waals surface area contributed by atoms with E-state index in [0.29, 0.717) is 31.7 Å². The summed E-state index contributed by atoms with van der Waals surface area (Å²) in [7, 11) is 0. The zero-order valence-corrected chi connectivity index (χ0v) is 10.8. The number of fused-ring (bicyclic) bond motifs is 1. The van der Waals surface area contributed by atoms with Gasteiger partial charge in [-0.05, 0) is 30.7 Å². The maximum atomic E-state index is 12.5. The first-order chi connectivity index (χ1) is 9.15. The summed E-state index contributed by atoms with van der Waals surface area (Å²) in [5.74, 6) is -0.00251. The number of carbonyl (C=O) groups excluding carboxylic acids is 2. The van der Waals surface area contributed by atoms with Crippen LogP contribution >= 0.6 is 0 Å². The number of hydrogen-bond acceptors (Lipinski definition) is 3. The number of carbonyl (C=O) groups is 2. The largest absolute Gasteiger partial charge is 0.377 e. The van der Waals surface area contributed by atoms with E-state index in [9.17, 15) is 9.59 Å². The molecule has 2 amide bonds. The van der Waals surface area contributed by atoms with E-state index in [1.54, 1.807) is 12.1 Å². The standard InChI is InChI=1S/C14H16N2O3/c1-9-8-19-5-4-16(9)14(18)10-2-3-12-11(6-10)7-13(17)15-12/h2-3,6,9H,4-5,7-8H2,1H3,(H,15,17)/t9-/m1/s1. The van der Waals surface area contributed by atoms with Gasteiger partial charge in [-0.3, -0.25) is 9.59 Å². The van der Waals surface area contributed by atoms with Crippen molar-refractivity contribution in [3.05, 3.63) is 29.3 Å². The molecule has 2 aliphatic heterocycles. The second kappa shape index (κ2) is 4.66. The Labute approximate surface area is 111 Å². The molecule has 0 radical (unpaired) electrons. The molecule has 1 fully saturated rings. The minimum absolute atomic E-state index is 0.0120. The summed E-state index contributed by atoms with van der Waals surface area (Å²) >= 11 is 0. The van der Waals surface area contributed by atoms with Crippen molar-refractivity contribution in [3.63, 3.8) is 0 Å². The number of anilines is 1. The van der Waals surface area contributed by atoms with Crippen molar-refractivity contribution < 1.29 is 14.3 Å². The molecular weight excluding hydrogens is 244 g/mol. The van der Waals surface area contributed by atoms with E-state index >= 15 is 0 Å². The van der Waals surface area contributed by atoms with Gasteiger partial charge in [0.25, 0.3) is 5.91 Å². The Morgan fingerprint density at radius 2 is 2.32 bits per heavy atom. The summed E-state index contributed by atoms with van der Waals surface area (Å²) in [5, 5.41) is 2.77. The van der Waals surface area contributed by atoms with Gasteiger partial charge in [0.05, 0.1) is 25.7 Å². The highest BCUT2D eigenvalue weighted by Crippen LogP contribution is 2.25. The van der Waals surface area contributed by atoms with Crippen LogP contribution in [0.4, 0.5) is 5.69 Å². The molecule has 1 N–H and O–H groups in total. The van der Waals surface area contributed by atoms with E-state index in [1.165, 1.54) is 0 Å². The summed E-state index contributed by atoms with van der Waals surface area (Å²) in [5.41, 5.74) is 2.36. The van der Waals surface area contributed by atoms with Gasteiger partial charge < -0.3 is 15.0 Å². The van der Waals surface area contributed by atoms with Crippen LogP contribution in [0, 0.1) is 0 Å². The van der Waals surface area contributed by atoms with Gasteiger partial charge in [0.15, 0.2) is 0 Å². The summed E-state index contributed by atoms with van der Waals surface area (Å²) in [4.78, 5) is 25.6. The Bertz CT molecular complexity index is 541. The average molecular weight is 260 g/mol. The Hall–Kier alpha value is -1.88. The topological polar surface area (TPSA) is 58.6 Å². The molecule has 5 heteroatoms. The highest BCUT2D eigenvalue weighted by atomic mass is 16.5. The molecule has 100 valence electrons. The molecular formula is C14H16N2O3. The molecule has 0 spiro atoms. The third kappa shape index (κ3) is 2.21. The van der Waals surface area contributed by atoms with Crippen LogP contribution in [0.1, 0.15) is 22.8 Å². The predicted molar refractivity (Wildman–Crippen MR) is 70.1 cm³/mol. The number of morpholine rings is 1. The van der Waals surface area contributed by atoms with E-state index in [1.807, 2.05) is 17.9 Å². The van der Waals surface area contributed by atoms with Crippen LogP contribution in [0.3, 0.4) is 0 Å². The number of ether oxygens (including phenoxy) is 1. The van der Waals surface area contributed by atoms with Crippen LogP contribution in [0.15, 0.2) is 18.2 Å². The minimum atomic E-state index is -0.0145. The first-order valence-electron chi connectivity index (χ1n) is 6.46. The van der Waals surface area contributed by atoms with Crippen LogP contribution in [0.5, 0.6) is 0 Å². The van der Waals surface area contributed by atoms with Gasteiger partial charge in [-0.15, -0.1) is 0 Å². The number of amides is 2. The summed E-state index contributed by atoms with van der Waals surface area (Å²) in [6.45, 7) is 3.77. The van der Waals surface area contributed by atoms with Crippen molar-refractivity contribution >= 4 is 17.5 Å². The molecule has 0 bridgehead atoms. The van der Waals surface area contributed by atoms with Gasteiger partial charge in [-0.25, -0.2) is 0 Å². The lowest BCUT2D eigenvalue weighted by molar-refractivity contribution is -0.115. The first-order valence-corrected chi connectivity index (χ1v) is 6.46. The minimum Gasteiger partial charge on any atom is -0.377 e. The SMILES string of the molecule is C[C@@H]1COCCN1C(=O)c1ccc2c(c1)CC(=O)N2. The molecule has 0 aliphatic carbocycles. The maximum Gasteiger partial charge on any atom is 0.254 e. The molecule has 1 saturated heterocycles. The molecule has 0 aromatic heterocycles. The van der Waals surface area contributed by atoms with Gasteiger partial charge in [-0.2, -0.15) is 0 Å². The molecule has 0 unspecified atom stereocenters. The van der Waals surface area contributed by atoms with Crippen LogP contribution in [-0.4, -0.2) is 42.5 Å². The lowest BCUT2D eigenvalue weighted by atomic mass is 10.1. The van der Waals surface area contributed by atoms with Crippen LogP contribution in [-0.2, 0) is 16.0 Å². The smallest absolute Gasteiger partial charge is 0.254 e. The Balaban J connectivity index is 1.84. The van der Waals surface area contributed by atoms with Gasteiger partial charge in [-0.1, -0.05) is 0 Å². The first kappa shape index (κ1) is 12.2. The Morgan fingerprint density at radius 3 is 3.11 bits per heavy atom. The molecule has 1 atom stereocenters. The monoisotopic (exact) mass is 260 g/mol. The molecule has 19 heavy (non-hydrogen) atoms. The second-order valence-electron chi connectivity index (χ2n) is 5.02. The lowest BCUT2D eigenvalue weighted by Crippen LogP contribution is -2.47. The highest BCUT2D eigenvalue weighted by molar-refractivity contribution is 6.01. The zero-order valence-electron chi connectivity index (χ0n) is 10.8. The number of hydrogen-bond donors (Lipinski definition) is 1. The lowest BCUT2D eigenvalue weighted by Gasteiger charge is -2.33. The fourth-order valence-electron chi connectivity index (χ4n) is 2.56. The van der Waals surface area contributed by atoms with E-state index in [0.717, 1.165) is 11.3 Å². The van der Waals surface area contributed by atoms with Crippen molar-refractivity contribution in [1.29, 1.82) is 0 Å². The van der Waals surface area contributed by atoms with Gasteiger partial charge in [0.1, 0.15) is 0 Å². The van der Waals surface area contributed by atoms with E-state index in [4.69, 9.17) is 4.74 Å². The summed E-state index contributed by atoms with van der Waals surface area (Å²) in [6, 6.07) is 5.49.